The van der Waals surface area contributed by atoms with Gasteiger partial charge in [0.15, 0.2) is 0 Å². The van der Waals surface area contributed by atoms with E-state index in [1.54, 1.807) is 13.2 Å². The van der Waals surface area contributed by atoms with Crippen LogP contribution >= 0.6 is 11.6 Å². The molecule has 1 fully saturated rings. The molecule has 112 valence electrons. The summed E-state index contributed by atoms with van der Waals surface area (Å²) in [7, 11) is -1.99. The van der Waals surface area contributed by atoms with Crippen molar-refractivity contribution in [3.63, 3.8) is 0 Å². The van der Waals surface area contributed by atoms with Crippen LogP contribution in [0.2, 0.25) is 5.02 Å². The highest BCUT2D eigenvalue weighted by molar-refractivity contribution is 7.89. The summed E-state index contributed by atoms with van der Waals surface area (Å²) in [6.45, 7) is 1.05. The zero-order chi connectivity index (χ0) is 14.8. The quantitative estimate of drug-likeness (QED) is 0.754. The third kappa shape index (κ3) is 3.63. The highest BCUT2D eigenvalue weighted by Gasteiger charge is 2.42. The Labute approximate surface area is 124 Å². The maximum absolute atomic E-state index is 12.3. The topological polar surface area (TPSA) is 81.4 Å². The van der Waals surface area contributed by atoms with E-state index < -0.39 is 10.0 Å². The van der Waals surface area contributed by atoms with E-state index in [1.165, 1.54) is 12.1 Å². The summed E-state index contributed by atoms with van der Waals surface area (Å²) in [6, 6.07) is 4.43. The van der Waals surface area contributed by atoms with Crippen LogP contribution in [-0.4, -0.2) is 28.7 Å². The maximum atomic E-state index is 12.3. The lowest BCUT2D eigenvalue weighted by Crippen LogP contribution is -2.31. The Bertz CT molecular complexity index is 585. The van der Waals surface area contributed by atoms with Gasteiger partial charge in [0.1, 0.15) is 4.90 Å². The molecule has 0 radical (unpaired) electrons. The average molecular weight is 319 g/mol. The van der Waals surface area contributed by atoms with Gasteiger partial charge < -0.3 is 10.5 Å². The molecule has 0 atom stereocenters. The summed E-state index contributed by atoms with van der Waals surface area (Å²) < 4.78 is 32.2. The van der Waals surface area contributed by atoms with E-state index in [2.05, 4.69) is 4.72 Å². The van der Waals surface area contributed by atoms with Gasteiger partial charge in [-0.15, -0.1) is 0 Å². The van der Waals surface area contributed by atoms with Gasteiger partial charge in [-0.3, -0.25) is 0 Å². The number of sulfonamides is 1. The number of methoxy groups -OCH3 is 1. The van der Waals surface area contributed by atoms with E-state index in [0.717, 1.165) is 19.3 Å². The molecule has 0 amide bonds. The van der Waals surface area contributed by atoms with Gasteiger partial charge in [0, 0.05) is 25.3 Å². The second kappa shape index (κ2) is 5.89. The minimum Gasteiger partial charge on any atom is -0.398 e. The SMILES string of the molecule is COCCC1(CNS(=O)(=O)c2cc(Cl)ccc2N)CC1. The number of benzene rings is 1. The molecule has 3 N–H and O–H groups in total. The smallest absolute Gasteiger partial charge is 0.242 e. The van der Waals surface area contributed by atoms with Crippen LogP contribution in [0, 0.1) is 5.41 Å². The van der Waals surface area contributed by atoms with Gasteiger partial charge >= 0.3 is 0 Å². The summed E-state index contributed by atoms with van der Waals surface area (Å²) in [5.41, 5.74) is 5.95. The van der Waals surface area contributed by atoms with Gasteiger partial charge in [-0.1, -0.05) is 11.6 Å². The van der Waals surface area contributed by atoms with E-state index >= 15 is 0 Å². The number of nitrogens with two attached hydrogens (primary N) is 1. The number of ether oxygens (including phenoxy) is 1. The lowest BCUT2D eigenvalue weighted by atomic mass is 10.0. The Morgan fingerprint density at radius 1 is 1.45 bits per heavy atom. The van der Waals surface area contributed by atoms with Crippen LogP contribution in [0.1, 0.15) is 19.3 Å². The minimum atomic E-state index is -3.63. The zero-order valence-electron chi connectivity index (χ0n) is 11.4. The standard InChI is InChI=1S/C13H19ClN2O3S/c1-19-7-6-13(4-5-13)9-16-20(17,18)12-8-10(14)2-3-11(12)15/h2-3,8,16H,4-7,9,15H2,1H3. The highest BCUT2D eigenvalue weighted by atomic mass is 35.5. The molecule has 7 heteroatoms. The Morgan fingerprint density at radius 2 is 2.15 bits per heavy atom. The van der Waals surface area contributed by atoms with Gasteiger partial charge in [0.25, 0.3) is 0 Å². The molecule has 1 aromatic carbocycles. The van der Waals surface area contributed by atoms with Gasteiger partial charge in [0.2, 0.25) is 10.0 Å². The van der Waals surface area contributed by atoms with Crippen molar-refractivity contribution in [1.82, 2.24) is 4.72 Å². The van der Waals surface area contributed by atoms with Crippen LogP contribution in [-0.2, 0) is 14.8 Å². The van der Waals surface area contributed by atoms with Crippen molar-refractivity contribution < 1.29 is 13.2 Å². The molecule has 0 unspecified atom stereocenters. The molecular weight excluding hydrogens is 300 g/mol. The summed E-state index contributed by atoms with van der Waals surface area (Å²) in [5, 5.41) is 0.347. The Balaban J connectivity index is 2.06. The lowest BCUT2D eigenvalue weighted by molar-refractivity contribution is 0.173. The number of rotatable bonds is 7. The Kier molecular flexibility index (Phi) is 4.59. The monoisotopic (exact) mass is 318 g/mol. The minimum absolute atomic E-state index is 0.0348. The molecule has 1 aromatic rings. The summed E-state index contributed by atoms with van der Waals surface area (Å²) >= 11 is 5.83. The summed E-state index contributed by atoms with van der Waals surface area (Å²) in [6.07, 6.45) is 2.89. The number of hydrogen-bond donors (Lipinski definition) is 2. The molecule has 0 bridgehead atoms. The van der Waals surface area contributed by atoms with Crippen molar-refractivity contribution >= 4 is 27.3 Å². The van der Waals surface area contributed by atoms with Crippen LogP contribution in [0.25, 0.3) is 0 Å². The largest absolute Gasteiger partial charge is 0.398 e. The molecule has 0 aromatic heterocycles. The predicted molar refractivity (Wildman–Crippen MR) is 79.2 cm³/mol. The molecular formula is C13H19ClN2O3S. The first-order valence-electron chi connectivity index (χ1n) is 6.42. The molecule has 2 rings (SSSR count). The molecule has 5 nitrogen and oxygen atoms in total. The fraction of sp³-hybridized carbons (Fsp3) is 0.538. The van der Waals surface area contributed by atoms with Gasteiger partial charge in [-0.25, -0.2) is 13.1 Å². The third-order valence-electron chi connectivity index (χ3n) is 3.70. The van der Waals surface area contributed by atoms with E-state index in [0.29, 0.717) is 18.2 Å². The third-order valence-corrected chi connectivity index (χ3v) is 5.39. The van der Waals surface area contributed by atoms with Crippen LogP contribution in [0.5, 0.6) is 0 Å². The number of nitrogens with one attached hydrogen (secondary N) is 1. The summed E-state index contributed by atoms with van der Waals surface area (Å²) in [4.78, 5) is 0.0348. The maximum Gasteiger partial charge on any atom is 0.242 e. The van der Waals surface area contributed by atoms with E-state index in [9.17, 15) is 8.42 Å². The first-order valence-corrected chi connectivity index (χ1v) is 8.28. The zero-order valence-corrected chi connectivity index (χ0v) is 12.9. The first kappa shape index (κ1) is 15.6. The van der Waals surface area contributed by atoms with Gasteiger partial charge in [-0.2, -0.15) is 0 Å². The van der Waals surface area contributed by atoms with Gasteiger partial charge in [0.05, 0.1) is 5.69 Å². The molecule has 0 spiro atoms. The second-order valence-electron chi connectivity index (χ2n) is 5.25. The van der Waals surface area contributed by atoms with Crippen molar-refractivity contribution in [3.8, 4) is 0 Å². The van der Waals surface area contributed by atoms with E-state index in [1.807, 2.05) is 0 Å². The van der Waals surface area contributed by atoms with Crippen molar-refractivity contribution in [1.29, 1.82) is 0 Å². The fourth-order valence-corrected chi connectivity index (χ4v) is 3.63. The molecule has 1 aliphatic rings. The predicted octanol–water partition coefficient (Wildman–Crippen LogP) is 2.02. The van der Waals surface area contributed by atoms with Crippen molar-refractivity contribution in [3.05, 3.63) is 23.2 Å². The number of hydrogen-bond acceptors (Lipinski definition) is 4. The normalized spacial score (nSPS) is 17.1. The molecule has 0 saturated heterocycles. The number of nitrogen functional groups attached to an aromatic ring is 1. The average Bonchev–Trinajstić information content (AvgIpc) is 3.18. The molecule has 0 aliphatic heterocycles. The second-order valence-corrected chi connectivity index (χ2v) is 7.42. The van der Waals surface area contributed by atoms with Crippen LogP contribution < -0.4 is 10.5 Å². The summed E-state index contributed by atoms with van der Waals surface area (Å²) in [5.74, 6) is 0. The fourth-order valence-electron chi connectivity index (χ4n) is 2.08. The highest BCUT2D eigenvalue weighted by Crippen LogP contribution is 2.48. The van der Waals surface area contributed by atoms with E-state index in [4.69, 9.17) is 22.1 Å². The Hall–Kier alpha value is -0.820. The van der Waals surface area contributed by atoms with Crippen LogP contribution in [0.15, 0.2) is 23.1 Å². The first-order chi connectivity index (χ1) is 9.38. The van der Waals surface area contributed by atoms with Crippen molar-refractivity contribution in [2.24, 2.45) is 5.41 Å². The lowest BCUT2D eigenvalue weighted by Gasteiger charge is -2.16. The van der Waals surface area contributed by atoms with Crippen molar-refractivity contribution in [2.45, 2.75) is 24.2 Å². The van der Waals surface area contributed by atoms with Crippen LogP contribution in [0.4, 0.5) is 5.69 Å². The van der Waals surface area contributed by atoms with Crippen molar-refractivity contribution in [2.75, 3.05) is 26.0 Å². The van der Waals surface area contributed by atoms with E-state index in [-0.39, 0.29) is 16.0 Å². The number of halogens is 1. The molecule has 1 aliphatic carbocycles. The molecule has 1 saturated carbocycles. The van der Waals surface area contributed by atoms with Crippen LogP contribution in [0.3, 0.4) is 0 Å². The molecule has 0 heterocycles. The Morgan fingerprint density at radius 3 is 2.75 bits per heavy atom. The van der Waals surface area contributed by atoms with Gasteiger partial charge in [-0.05, 0) is 42.9 Å². The number of anilines is 1. The molecule has 20 heavy (non-hydrogen) atoms.